The van der Waals surface area contributed by atoms with Gasteiger partial charge in [-0.15, -0.1) is 0 Å². The number of aromatic nitrogens is 3. The molecule has 3 aromatic heterocycles. The largest absolute Gasteiger partial charge is 0.309 e. The highest BCUT2D eigenvalue weighted by atomic mass is 28.3. The number of fused-ring (bicyclic) bond motifs is 9. The lowest BCUT2D eigenvalue weighted by molar-refractivity contribution is 1.17. The molecule has 0 radical (unpaired) electrons. The fraction of sp³-hybridized carbons (Fsp3) is 0. The Morgan fingerprint density at radius 1 is 0.243 bits per heavy atom. The zero-order valence-corrected chi connectivity index (χ0v) is 39.3. The molecule has 0 aliphatic heterocycles. The van der Waals surface area contributed by atoms with Crippen molar-refractivity contribution in [3.8, 4) is 28.2 Å². The molecular formula is C66H45N3Si. The first kappa shape index (κ1) is 40.1. The van der Waals surface area contributed by atoms with E-state index in [1.165, 1.54) is 97.3 Å². The predicted molar refractivity (Wildman–Crippen MR) is 299 cm³/mol. The van der Waals surface area contributed by atoms with Gasteiger partial charge in [0.05, 0.1) is 38.8 Å². The molecule has 0 N–H and O–H groups in total. The van der Waals surface area contributed by atoms with Gasteiger partial charge in [-0.05, 0) is 105 Å². The van der Waals surface area contributed by atoms with E-state index >= 15 is 0 Å². The third-order valence-corrected chi connectivity index (χ3v) is 19.5. The molecule has 0 aliphatic carbocycles. The minimum Gasteiger partial charge on any atom is -0.309 e. The van der Waals surface area contributed by atoms with E-state index in [9.17, 15) is 0 Å². The highest BCUT2D eigenvalue weighted by Crippen LogP contribution is 2.43. The standard InChI is InChI=1S/C66H45N3Si/c1-5-22-47(23-6-1)67-59-37-17-14-33-55(59)65-53(35-20-39-62(65)67)46-42-43-61-57(44-46)54-32-13-16-36-58(54)69(61)64-41-21-40-63-66(64)56-34-15-18-38-60(56)68(63)48-24-19-31-52(45-48)70(49-25-7-2-8-26-49,50-27-9-3-10-28-50)51-29-11-4-12-30-51/h1-45H. The lowest BCUT2D eigenvalue weighted by atomic mass is 9.98. The zero-order valence-electron chi connectivity index (χ0n) is 38.3. The lowest BCUT2D eigenvalue weighted by Crippen LogP contribution is -2.74. The molecule has 3 nitrogen and oxygen atoms in total. The van der Waals surface area contributed by atoms with Crippen molar-refractivity contribution in [3.63, 3.8) is 0 Å². The van der Waals surface area contributed by atoms with E-state index in [1.54, 1.807) is 0 Å². The highest BCUT2D eigenvalue weighted by molar-refractivity contribution is 7.19. The van der Waals surface area contributed by atoms with Gasteiger partial charge in [-0.1, -0.05) is 200 Å². The highest BCUT2D eigenvalue weighted by Gasteiger charge is 2.41. The Morgan fingerprint density at radius 3 is 1.30 bits per heavy atom. The molecule has 14 aromatic rings. The molecule has 328 valence electrons. The number of hydrogen-bond donors (Lipinski definition) is 0. The third-order valence-electron chi connectivity index (χ3n) is 14.8. The summed E-state index contributed by atoms with van der Waals surface area (Å²) in [5, 5.41) is 12.9. The minimum atomic E-state index is -2.79. The van der Waals surface area contributed by atoms with Gasteiger partial charge in [0.1, 0.15) is 0 Å². The predicted octanol–water partition coefficient (Wildman–Crippen LogP) is 14.0. The molecule has 0 fully saturated rings. The van der Waals surface area contributed by atoms with Crippen LogP contribution < -0.4 is 20.7 Å². The molecule has 0 atom stereocenters. The van der Waals surface area contributed by atoms with Crippen LogP contribution in [0.25, 0.3) is 93.6 Å². The summed E-state index contributed by atoms with van der Waals surface area (Å²) in [5.41, 5.74) is 13.0. The fourth-order valence-corrected chi connectivity index (χ4v) is 16.7. The van der Waals surface area contributed by atoms with Crippen LogP contribution in [-0.4, -0.2) is 21.8 Å². The van der Waals surface area contributed by atoms with Crippen molar-refractivity contribution in [1.29, 1.82) is 0 Å². The van der Waals surface area contributed by atoms with E-state index in [-0.39, 0.29) is 0 Å². The summed E-state index contributed by atoms with van der Waals surface area (Å²) in [6.45, 7) is 0. The first-order chi connectivity index (χ1) is 34.8. The Morgan fingerprint density at radius 2 is 0.671 bits per heavy atom. The average molecular weight is 908 g/mol. The summed E-state index contributed by atoms with van der Waals surface area (Å²) in [6.07, 6.45) is 0. The minimum absolute atomic E-state index is 1.15. The monoisotopic (exact) mass is 907 g/mol. The number of para-hydroxylation sites is 4. The SMILES string of the molecule is c1ccc(-n2c3ccccc3c3c(-c4ccc5c(c4)c4ccccc4n5-c4cccc5c4c4ccccc4n5-c4cccc([Si](c5ccccc5)(c5ccccc5)c5ccccc5)c4)cccc32)cc1. The maximum atomic E-state index is 2.50. The number of rotatable bonds is 8. The number of nitrogens with zero attached hydrogens (tertiary/aromatic N) is 3. The Bertz CT molecular complexity index is 4180. The van der Waals surface area contributed by atoms with Crippen LogP contribution in [0.1, 0.15) is 0 Å². The summed E-state index contributed by atoms with van der Waals surface area (Å²) < 4.78 is 7.40. The molecular weight excluding hydrogens is 863 g/mol. The van der Waals surface area contributed by atoms with Crippen molar-refractivity contribution in [2.24, 2.45) is 0 Å². The van der Waals surface area contributed by atoms with Crippen molar-refractivity contribution < 1.29 is 0 Å². The van der Waals surface area contributed by atoms with Gasteiger partial charge in [0.15, 0.2) is 8.07 Å². The van der Waals surface area contributed by atoms with Crippen LogP contribution in [0.3, 0.4) is 0 Å². The molecule has 0 saturated heterocycles. The molecule has 14 rings (SSSR count). The second kappa shape index (κ2) is 16.1. The van der Waals surface area contributed by atoms with E-state index in [0.717, 1.165) is 17.1 Å². The number of benzene rings is 11. The van der Waals surface area contributed by atoms with Crippen LogP contribution in [0, 0.1) is 0 Å². The van der Waals surface area contributed by atoms with Gasteiger partial charge in [-0.2, -0.15) is 0 Å². The Kier molecular flexibility index (Phi) is 9.23. The van der Waals surface area contributed by atoms with Crippen molar-refractivity contribution in [1.82, 2.24) is 13.7 Å². The van der Waals surface area contributed by atoms with E-state index < -0.39 is 8.07 Å². The van der Waals surface area contributed by atoms with Gasteiger partial charge < -0.3 is 13.7 Å². The first-order valence-electron chi connectivity index (χ1n) is 24.2. The molecule has 11 aromatic carbocycles. The van der Waals surface area contributed by atoms with Crippen molar-refractivity contribution in [2.75, 3.05) is 0 Å². The van der Waals surface area contributed by atoms with Crippen LogP contribution in [-0.2, 0) is 0 Å². The van der Waals surface area contributed by atoms with Crippen molar-refractivity contribution in [3.05, 3.63) is 273 Å². The molecule has 70 heavy (non-hydrogen) atoms. The third kappa shape index (κ3) is 5.94. The normalized spacial score (nSPS) is 12.0. The zero-order chi connectivity index (χ0) is 46.2. The van der Waals surface area contributed by atoms with Gasteiger partial charge in [0.2, 0.25) is 0 Å². The second-order valence-electron chi connectivity index (χ2n) is 18.4. The Hall–Kier alpha value is -8.96. The molecule has 3 heterocycles. The molecule has 0 unspecified atom stereocenters. The van der Waals surface area contributed by atoms with Gasteiger partial charge in [-0.25, -0.2) is 0 Å². The van der Waals surface area contributed by atoms with Gasteiger partial charge in [0.25, 0.3) is 0 Å². The van der Waals surface area contributed by atoms with Crippen molar-refractivity contribution >= 4 is 94.2 Å². The summed E-state index contributed by atoms with van der Waals surface area (Å²) in [4.78, 5) is 0. The summed E-state index contributed by atoms with van der Waals surface area (Å²) in [5.74, 6) is 0. The van der Waals surface area contributed by atoms with E-state index in [0.29, 0.717) is 0 Å². The first-order valence-corrected chi connectivity index (χ1v) is 26.2. The lowest BCUT2D eigenvalue weighted by Gasteiger charge is -2.34. The molecule has 0 bridgehead atoms. The summed E-state index contributed by atoms with van der Waals surface area (Å²) >= 11 is 0. The Labute approximate surface area is 407 Å². The maximum absolute atomic E-state index is 2.79. The molecule has 4 heteroatoms. The van der Waals surface area contributed by atoms with Gasteiger partial charge in [0, 0.05) is 43.7 Å². The summed E-state index contributed by atoms with van der Waals surface area (Å²) in [7, 11) is -2.79. The molecule has 0 amide bonds. The van der Waals surface area contributed by atoms with Crippen molar-refractivity contribution in [2.45, 2.75) is 0 Å². The number of hydrogen-bond acceptors (Lipinski definition) is 0. The average Bonchev–Trinajstić information content (AvgIpc) is 4.08. The molecule has 0 saturated carbocycles. The van der Waals surface area contributed by atoms with E-state index in [2.05, 4.69) is 287 Å². The quantitative estimate of drug-likeness (QED) is 0.107. The maximum Gasteiger partial charge on any atom is 0.179 e. The summed E-state index contributed by atoms with van der Waals surface area (Å²) in [6, 6.07) is 101. The smallest absolute Gasteiger partial charge is 0.179 e. The van der Waals surface area contributed by atoms with Gasteiger partial charge >= 0.3 is 0 Å². The topological polar surface area (TPSA) is 14.8 Å². The van der Waals surface area contributed by atoms with Crippen LogP contribution in [0.2, 0.25) is 0 Å². The van der Waals surface area contributed by atoms with E-state index in [4.69, 9.17) is 0 Å². The molecule has 0 aliphatic rings. The molecule has 0 spiro atoms. The van der Waals surface area contributed by atoms with Crippen LogP contribution in [0.15, 0.2) is 273 Å². The van der Waals surface area contributed by atoms with Crippen LogP contribution >= 0.6 is 0 Å². The van der Waals surface area contributed by atoms with E-state index in [1.807, 2.05) is 0 Å². The van der Waals surface area contributed by atoms with Crippen LogP contribution in [0.5, 0.6) is 0 Å². The fourth-order valence-electron chi connectivity index (χ4n) is 11.9. The Balaban J connectivity index is 0.986. The van der Waals surface area contributed by atoms with Gasteiger partial charge in [-0.3, -0.25) is 0 Å². The second-order valence-corrected chi connectivity index (χ2v) is 22.2. The van der Waals surface area contributed by atoms with Crippen LogP contribution in [0.4, 0.5) is 0 Å².